The number of hydrogen-bond donors (Lipinski definition) is 3. The fourth-order valence-corrected chi connectivity index (χ4v) is 5.94. The second kappa shape index (κ2) is 6.62. The van der Waals surface area contributed by atoms with Crippen molar-refractivity contribution < 1.29 is 5.11 Å². The van der Waals surface area contributed by atoms with Crippen molar-refractivity contribution in [3.05, 3.63) is 60.2 Å². The summed E-state index contributed by atoms with van der Waals surface area (Å²) in [6.45, 7) is 0. The Labute approximate surface area is 155 Å². The number of aliphatic hydroxyl groups excluding tert-OH is 1. The summed E-state index contributed by atoms with van der Waals surface area (Å²) in [5.41, 5.74) is 2.99. The van der Waals surface area contributed by atoms with Crippen molar-refractivity contribution in [3.8, 4) is 0 Å². The number of nitrogens with one attached hydrogen (secondary N) is 2. The fourth-order valence-electron chi connectivity index (χ4n) is 5.94. The van der Waals surface area contributed by atoms with Crippen LogP contribution in [-0.2, 0) is 0 Å². The van der Waals surface area contributed by atoms with E-state index in [2.05, 4.69) is 28.8 Å². The van der Waals surface area contributed by atoms with Gasteiger partial charge in [-0.1, -0.05) is 42.5 Å². The molecular formula is C23H28N2O. The number of rotatable bonds is 5. The first kappa shape index (κ1) is 16.2. The second-order valence-electron chi connectivity index (χ2n) is 8.60. The molecule has 4 saturated carbocycles. The molecule has 3 heteroatoms. The number of aliphatic hydroxyl groups is 1. The topological polar surface area (TPSA) is 44.3 Å². The zero-order valence-corrected chi connectivity index (χ0v) is 15.1. The Bertz CT molecular complexity index is 732. The van der Waals surface area contributed by atoms with Gasteiger partial charge >= 0.3 is 0 Å². The molecule has 0 aliphatic heterocycles. The molecule has 4 aliphatic carbocycles. The van der Waals surface area contributed by atoms with Crippen LogP contribution in [-0.4, -0.2) is 11.1 Å². The van der Waals surface area contributed by atoms with Gasteiger partial charge in [-0.05, 0) is 67.9 Å². The number of anilines is 2. The molecule has 0 heterocycles. The molecule has 26 heavy (non-hydrogen) atoms. The first-order valence-electron chi connectivity index (χ1n) is 10.1. The lowest BCUT2D eigenvalue weighted by Gasteiger charge is -2.54. The highest BCUT2D eigenvalue weighted by Gasteiger charge is 2.48. The number of benzene rings is 2. The lowest BCUT2D eigenvalue weighted by atomic mass is 9.54. The van der Waals surface area contributed by atoms with Gasteiger partial charge in [-0.2, -0.15) is 0 Å². The van der Waals surface area contributed by atoms with Gasteiger partial charge in [0.15, 0.2) is 6.23 Å². The molecule has 0 saturated heterocycles. The van der Waals surface area contributed by atoms with Gasteiger partial charge in [0, 0.05) is 11.6 Å². The third-order valence-corrected chi connectivity index (χ3v) is 6.88. The van der Waals surface area contributed by atoms with Gasteiger partial charge in [0.1, 0.15) is 0 Å². The normalized spacial score (nSPS) is 33.0. The fraction of sp³-hybridized carbons (Fsp3) is 0.478. The summed E-state index contributed by atoms with van der Waals surface area (Å²) in [5.74, 6) is 3.64. The van der Waals surface area contributed by atoms with Crippen molar-refractivity contribution in [2.45, 2.75) is 44.4 Å². The van der Waals surface area contributed by atoms with Crippen LogP contribution in [0.4, 0.5) is 11.4 Å². The van der Waals surface area contributed by atoms with Crippen molar-refractivity contribution in [2.75, 3.05) is 10.6 Å². The van der Waals surface area contributed by atoms with Crippen molar-refractivity contribution >= 4 is 11.4 Å². The first-order valence-corrected chi connectivity index (χ1v) is 10.1. The third-order valence-electron chi connectivity index (χ3n) is 6.88. The molecule has 4 fully saturated rings. The number of hydrogen-bond acceptors (Lipinski definition) is 3. The van der Waals surface area contributed by atoms with E-state index in [4.69, 9.17) is 0 Å². The molecule has 0 amide bonds. The Balaban J connectivity index is 1.34. The summed E-state index contributed by atoms with van der Waals surface area (Å²) in [6, 6.07) is 18.7. The van der Waals surface area contributed by atoms with Crippen LogP contribution in [0.1, 0.15) is 43.9 Å². The SMILES string of the molecule is OC(Nc1ccccc1NC1C2CC3CC(C2)CC1C3)c1ccccc1. The zero-order chi connectivity index (χ0) is 17.5. The van der Waals surface area contributed by atoms with Crippen LogP contribution in [0.3, 0.4) is 0 Å². The van der Waals surface area contributed by atoms with E-state index in [0.717, 1.165) is 40.6 Å². The molecule has 1 atom stereocenters. The summed E-state index contributed by atoms with van der Waals surface area (Å²) >= 11 is 0. The van der Waals surface area contributed by atoms with Gasteiger partial charge in [-0.25, -0.2) is 0 Å². The predicted molar refractivity (Wildman–Crippen MR) is 106 cm³/mol. The predicted octanol–water partition coefficient (Wildman–Crippen LogP) is 5.03. The molecular weight excluding hydrogens is 320 g/mol. The Kier molecular flexibility index (Phi) is 4.12. The van der Waals surface area contributed by atoms with Crippen molar-refractivity contribution in [3.63, 3.8) is 0 Å². The van der Waals surface area contributed by atoms with Crippen LogP contribution in [0.15, 0.2) is 54.6 Å². The van der Waals surface area contributed by atoms with E-state index in [9.17, 15) is 5.11 Å². The third kappa shape index (κ3) is 2.99. The molecule has 2 aromatic rings. The summed E-state index contributed by atoms with van der Waals surface area (Å²) in [7, 11) is 0. The molecule has 3 nitrogen and oxygen atoms in total. The highest BCUT2D eigenvalue weighted by molar-refractivity contribution is 5.69. The molecule has 1 unspecified atom stereocenters. The van der Waals surface area contributed by atoms with Crippen LogP contribution < -0.4 is 10.6 Å². The van der Waals surface area contributed by atoms with E-state index in [0.29, 0.717) is 6.04 Å². The van der Waals surface area contributed by atoms with Crippen molar-refractivity contribution in [1.82, 2.24) is 0 Å². The molecule has 0 spiro atoms. The first-order chi connectivity index (χ1) is 12.8. The summed E-state index contributed by atoms with van der Waals surface area (Å²) in [5, 5.41) is 17.7. The van der Waals surface area contributed by atoms with E-state index in [1.165, 1.54) is 32.1 Å². The smallest absolute Gasteiger partial charge is 0.150 e. The minimum atomic E-state index is -0.697. The van der Waals surface area contributed by atoms with E-state index in [-0.39, 0.29) is 0 Å². The van der Waals surface area contributed by atoms with E-state index in [1.807, 2.05) is 36.4 Å². The standard InChI is InChI=1S/C23H28N2O/c26-23(17-6-2-1-3-7-17)25-21-9-5-4-8-20(21)24-22-18-11-15-10-16(13-18)14-19(22)12-15/h1-9,15-16,18-19,22-26H,10-14H2. The lowest BCUT2D eigenvalue weighted by molar-refractivity contribution is 0.00755. The summed E-state index contributed by atoms with van der Waals surface area (Å²) < 4.78 is 0. The maximum Gasteiger partial charge on any atom is 0.150 e. The Morgan fingerprint density at radius 3 is 1.96 bits per heavy atom. The van der Waals surface area contributed by atoms with Gasteiger partial charge in [0.25, 0.3) is 0 Å². The Hall–Kier alpha value is -2.00. The largest absolute Gasteiger partial charge is 0.380 e. The minimum Gasteiger partial charge on any atom is -0.380 e. The van der Waals surface area contributed by atoms with E-state index >= 15 is 0 Å². The highest BCUT2D eigenvalue weighted by Crippen LogP contribution is 2.54. The van der Waals surface area contributed by atoms with Crippen molar-refractivity contribution in [1.29, 1.82) is 0 Å². The molecule has 0 radical (unpaired) electrons. The second-order valence-corrected chi connectivity index (χ2v) is 8.60. The summed E-state index contributed by atoms with van der Waals surface area (Å²) in [4.78, 5) is 0. The molecule has 3 N–H and O–H groups in total. The molecule has 0 aromatic heterocycles. The maximum atomic E-state index is 10.6. The van der Waals surface area contributed by atoms with E-state index in [1.54, 1.807) is 0 Å². The van der Waals surface area contributed by atoms with Crippen LogP contribution in [0.25, 0.3) is 0 Å². The van der Waals surface area contributed by atoms with Crippen LogP contribution in [0, 0.1) is 23.7 Å². The minimum absolute atomic E-state index is 0.597. The van der Waals surface area contributed by atoms with Crippen LogP contribution in [0.5, 0.6) is 0 Å². The van der Waals surface area contributed by atoms with Gasteiger partial charge in [-0.3, -0.25) is 0 Å². The molecule has 2 aromatic carbocycles. The highest BCUT2D eigenvalue weighted by atomic mass is 16.3. The maximum absolute atomic E-state index is 10.6. The van der Waals surface area contributed by atoms with Crippen LogP contribution in [0.2, 0.25) is 0 Å². The molecule has 136 valence electrons. The molecule has 4 bridgehead atoms. The average Bonchev–Trinajstić information content (AvgIpc) is 2.66. The molecule has 6 rings (SSSR count). The Morgan fingerprint density at radius 1 is 0.731 bits per heavy atom. The van der Waals surface area contributed by atoms with Gasteiger partial charge in [0.05, 0.1) is 11.4 Å². The van der Waals surface area contributed by atoms with Gasteiger partial charge < -0.3 is 15.7 Å². The molecule has 4 aliphatic rings. The lowest BCUT2D eigenvalue weighted by Crippen LogP contribution is -2.51. The van der Waals surface area contributed by atoms with Crippen molar-refractivity contribution in [2.24, 2.45) is 23.7 Å². The van der Waals surface area contributed by atoms with Gasteiger partial charge in [-0.15, -0.1) is 0 Å². The van der Waals surface area contributed by atoms with Gasteiger partial charge in [0.2, 0.25) is 0 Å². The monoisotopic (exact) mass is 348 g/mol. The zero-order valence-electron chi connectivity index (χ0n) is 15.1. The number of para-hydroxylation sites is 2. The van der Waals surface area contributed by atoms with Crippen LogP contribution >= 0.6 is 0 Å². The summed E-state index contributed by atoms with van der Waals surface area (Å²) in [6.07, 6.45) is 6.43. The quantitative estimate of drug-likeness (QED) is 0.664. The Morgan fingerprint density at radius 2 is 1.31 bits per heavy atom. The van der Waals surface area contributed by atoms with E-state index < -0.39 is 6.23 Å². The average molecular weight is 348 g/mol.